The predicted molar refractivity (Wildman–Crippen MR) is 232 cm³/mol. The van der Waals surface area contributed by atoms with Crippen LogP contribution in [0.15, 0.2) is 36.4 Å². The zero-order chi connectivity index (χ0) is 46.1. The molecule has 0 saturated carbocycles. The summed E-state index contributed by atoms with van der Waals surface area (Å²) >= 11 is 23.3. The van der Waals surface area contributed by atoms with Crippen LogP contribution in [0.5, 0.6) is 11.5 Å². The number of carbonyl (C=O) groups is 2. The number of methoxy groups -OCH3 is 2. The Kier molecular flexibility index (Phi) is 16.2. The first-order valence-electron chi connectivity index (χ1n) is 19.6. The van der Waals surface area contributed by atoms with E-state index in [1.807, 2.05) is 24.3 Å². The van der Waals surface area contributed by atoms with Crippen LogP contribution in [0.3, 0.4) is 0 Å². The van der Waals surface area contributed by atoms with Crippen LogP contribution < -0.4 is 24.6 Å². The topological polar surface area (TPSA) is 130 Å². The van der Waals surface area contributed by atoms with Crippen molar-refractivity contribution >= 4 is 69.7 Å². The molecule has 13 nitrogen and oxygen atoms in total. The van der Waals surface area contributed by atoms with E-state index in [4.69, 9.17) is 61.0 Å². The number of fused-ring (bicyclic) bond motifs is 2. The van der Waals surface area contributed by atoms with E-state index in [1.165, 1.54) is 19.5 Å². The van der Waals surface area contributed by atoms with Gasteiger partial charge in [-0.1, -0.05) is 53.8 Å². The fraction of sp³-hybridized carbons (Fsp3) is 0.512. The number of carboxylic acids is 1. The highest BCUT2D eigenvalue weighted by Crippen LogP contribution is 2.39. The quantitative estimate of drug-likeness (QED) is 0.166. The molecule has 2 aromatic heterocycles. The Bertz CT molecular complexity index is 2290. The van der Waals surface area contributed by atoms with E-state index in [-0.39, 0.29) is 31.3 Å². The second kappa shape index (κ2) is 20.5. The summed E-state index contributed by atoms with van der Waals surface area (Å²) in [4.78, 5) is 29.4. The molecule has 4 unspecified atom stereocenters. The highest BCUT2D eigenvalue weighted by molar-refractivity contribution is 6.33. The summed E-state index contributed by atoms with van der Waals surface area (Å²) in [5, 5.41) is 18.7. The molecule has 2 aromatic carbocycles. The first-order valence-corrected chi connectivity index (χ1v) is 21.1. The largest absolute Gasteiger partial charge is 0.495 e. The summed E-state index contributed by atoms with van der Waals surface area (Å²) in [6, 6.07) is 11.7. The molecule has 1 amide bonds. The third kappa shape index (κ3) is 11.4. The van der Waals surface area contributed by atoms with Crippen LogP contribution in [0.4, 0.5) is 37.7 Å². The third-order valence-electron chi connectivity index (χ3n) is 11.6. The summed E-state index contributed by atoms with van der Waals surface area (Å²) in [5.74, 6) is 2.01. The Hall–Kier alpha value is -4.30. The molecule has 0 aliphatic carbocycles. The number of carboxylic acid groups (broad SMARTS) is 1. The summed E-state index contributed by atoms with van der Waals surface area (Å²) < 4.78 is 88.1. The van der Waals surface area contributed by atoms with Gasteiger partial charge in [0.1, 0.15) is 24.6 Å². The van der Waals surface area contributed by atoms with Gasteiger partial charge in [0.2, 0.25) is 5.91 Å². The number of hydrogen-bond donors (Lipinski definition) is 2. The Morgan fingerprint density at radius 2 is 1.08 bits per heavy atom. The van der Waals surface area contributed by atoms with Crippen LogP contribution >= 0.6 is 46.4 Å². The lowest BCUT2D eigenvalue weighted by molar-refractivity contribution is -0.143. The van der Waals surface area contributed by atoms with Crippen LogP contribution in [-0.4, -0.2) is 108 Å². The van der Waals surface area contributed by atoms with Crippen molar-refractivity contribution < 1.29 is 50.5 Å². The Morgan fingerprint density at radius 1 is 0.688 bits per heavy atom. The molecule has 4 aromatic rings. The molecule has 4 aliphatic heterocycles. The number of benzene rings is 2. The summed E-state index contributed by atoms with van der Waals surface area (Å²) in [7, 11) is 3.23. The molecule has 23 heteroatoms. The van der Waals surface area contributed by atoms with Crippen molar-refractivity contribution in [3.63, 3.8) is 0 Å². The van der Waals surface area contributed by atoms with E-state index in [2.05, 4.69) is 31.4 Å². The Labute approximate surface area is 386 Å². The molecule has 64 heavy (non-hydrogen) atoms. The van der Waals surface area contributed by atoms with E-state index in [0.29, 0.717) is 45.4 Å². The first kappa shape index (κ1) is 50.7. The molecular formula is C41H48Cl4F6N8O5. The van der Waals surface area contributed by atoms with Crippen molar-refractivity contribution in [1.82, 2.24) is 29.8 Å². The van der Waals surface area contributed by atoms with Gasteiger partial charge in [0, 0.05) is 87.7 Å². The van der Waals surface area contributed by atoms with E-state index >= 15 is 0 Å². The second-order valence-electron chi connectivity index (χ2n) is 15.6. The van der Waals surface area contributed by atoms with Gasteiger partial charge in [-0.15, -0.1) is 0 Å². The molecule has 0 bridgehead atoms. The zero-order valence-electron chi connectivity index (χ0n) is 34.3. The van der Waals surface area contributed by atoms with Crippen LogP contribution in [0.2, 0.25) is 20.1 Å². The van der Waals surface area contributed by atoms with Gasteiger partial charge in [-0.25, -0.2) is 0 Å². The number of nitrogens with zero attached hydrogens (tertiary/aromatic N) is 7. The average Bonchev–Trinajstić information content (AvgIpc) is 4.07. The summed E-state index contributed by atoms with van der Waals surface area (Å²) in [6.07, 6.45) is -9.33. The molecule has 352 valence electrons. The number of aliphatic carboxylic acids is 1. The van der Waals surface area contributed by atoms with Gasteiger partial charge in [0.05, 0.1) is 45.7 Å². The minimum absolute atomic E-state index is 0. The number of alkyl halides is 6. The van der Waals surface area contributed by atoms with Gasteiger partial charge >= 0.3 is 18.3 Å². The lowest BCUT2D eigenvalue weighted by Gasteiger charge is -2.24. The molecule has 0 spiro atoms. The number of anilines is 2. The molecule has 6 heterocycles. The lowest BCUT2D eigenvalue weighted by atomic mass is 10.0. The van der Waals surface area contributed by atoms with Gasteiger partial charge in [-0.2, -0.15) is 36.5 Å². The number of nitrogens with one attached hydrogen (secondary N) is 1. The van der Waals surface area contributed by atoms with Gasteiger partial charge in [0.25, 0.3) is 0 Å². The highest BCUT2D eigenvalue weighted by Gasteiger charge is 2.43. The highest BCUT2D eigenvalue weighted by atomic mass is 35.5. The predicted octanol–water partition coefficient (Wildman–Crippen LogP) is 8.71. The van der Waals surface area contributed by atoms with E-state index in [9.17, 15) is 35.9 Å². The number of halogens is 10. The SMILES string of the molecule is C.COc1cc(N2CC3CN(C(=O)Cn4nc(C(F)(F)F)c(Cl)c4C)CC3C2)ccc1Cl.COc1cc(N2CC3CNCC3C2)ccc1Cl.Cc1c(Cl)c(C(F)(F)F)nn1CC(=O)O. The van der Waals surface area contributed by atoms with E-state index < -0.39 is 46.3 Å². The first-order chi connectivity index (χ1) is 29.6. The second-order valence-corrected chi connectivity index (χ2v) is 17.2. The lowest BCUT2D eigenvalue weighted by Crippen LogP contribution is -2.35. The Morgan fingerprint density at radius 3 is 1.44 bits per heavy atom. The minimum Gasteiger partial charge on any atom is -0.495 e. The van der Waals surface area contributed by atoms with E-state index in [1.54, 1.807) is 25.2 Å². The van der Waals surface area contributed by atoms with Gasteiger partial charge < -0.3 is 34.6 Å². The normalized spacial score (nSPS) is 20.2. The maximum absolute atomic E-state index is 13.0. The average molecular weight is 989 g/mol. The number of likely N-dealkylation sites (tertiary alicyclic amines) is 1. The molecular weight excluding hydrogens is 940 g/mol. The number of ether oxygens (including phenoxy) is 2. The number of carbonyl (C=O) groups excluding carboxylic acids is 1. The van der Waals surface area contributed by atoms with Crippen molar-refractivity contribution in [1.29, 1.82) is 0 Å². The standard InChI is InChI=1S/C20H21Cl2F3N4O2.C13H17ClN2O.C7H6ClF3N2O2.CH4/c1-11-18(22)19(20(23,24)25)26-29(11)10-17(30)28-8-12-6-27(7-13(12)9-28)14-3-4-15(21)16(5-14)31-2;1-17-13-4-11(2-3-12(13)14)16-7-9-5-15-6-10(9)8-16;1-3-5(8)6(7(9,10)11)12-13(3)2-4(14)15;/h3-5,12-13H,6-10H2,1-2H3;2-4,9-10,15H,5-8H2,1H3;2H2,1H3,(H,14,15);1H4. The number of amides is 1. The van der Waals surface area contributed by atoms with Crippen LogP contribution in [0.25, 0.3) is 0 Å². The van der Waals surface area contributed by atoms with Crippen LogP contribution in [0, 0.1) is 37.5 Å². The molecule has 8 rings (SSSR count). The van der Waals surface area contributed by atoms with E-state index in [0.717, 1.165) is 67.2 Å². The smallest absolute Gasteiger partial charge is 0.436 e. The number of aromatic nitrogens is 4. The number of rotatable bonds is 8. The molecule has 4 saturated heterocycles. The van der Waals surface area contributed by atoms with Crippen molar-refractivity contribution in [3.8, 4) is 11.5 Å². The maximum Gasteiger partial charge on any atom is 0.436 e. The van der Waals surface area contributed by atoms with Crippen molar-refractivity contribution in [2.75, 3.05) is 76.4 Å². The monoisotopic (exact) mass is 986 g/mol. The molecule has 4 aliphatic rings. The van der Waals surface area contributed by atoms with Crippen molar-refractivity contribution in [2.24, 2.45) is 23.7 Å². The molecule has 4 fully saturated rings. The van der Waals surface area contributed by atoms with Crippen LogP contribution in [-0.2, 0) is 35.0 Å². The summed E-state index contributed by atoms with van der Waals surface area (Å²) in [6.45, 7) is 9.07. The number of hydrogen-bond acceptors (Lipinski definition) is 9. The fourth-order valence-corrected chi connectivity index (χ4v) is 9.11. The van der Waals surface area contributed by atoms with Crippen LogP contribution in [0.1, 0.15) is 30.2 Å². The maximum atomic E-state index is 13.0. The molecule has 4 atom stereocenters. The molecule has 0 radical (unpaired) electrons. The Balaban J connectivity index is 0.000000197. The van der Waals surface area contributed by atoms with Crippen molar-refractivity contribution in [2.45, 2.75) is 46.7 Å². The zero-order valence-corrected chi connectivity index (χ0v) is 37.4. The fourth-order valence-electron chi connectivity index (χ4n) is 8.24. The third-order valence-corrected chi connectivity index (χ3v) is 13.1. The van der Waals surface area contributed by atoms with Crippen molar-refractivity contribution in [3.05, 3.63) is 79.3 Å². The van der Waals surface area contributed by atoms with Gasteiger partial charge in [-0.3, -0.25) is 19.0 Å². The molecule has 2 N–H and O–H groups in total. The summed E-state index contributed by atoms with van der Waals surface area (Å²) in [5.41, 5.74) is -0.0821. The van der Waals surface area contributed by atoms with Gasteiger partial charge in [-0.05, 0) is 49.9 Å². The van der Waals surface area contributed by atoms with Gasteiger partial charge in [0.15, 0.2) is 11.4 Å². The minimum atomic E-state index is -4.68.